The van der Waals surface area contributed by atoms with E-state index in [1.54, 1.807) is 0 Å². The van der Waals surface area contributed by atoms with Gasteiger partial charge >= 0.3 is 5.91 Å². The Labute approximate surface area is 246 Å². The molecule has 40 heavy (non-hydrogen) atoms. The number of benzene rings is 3. The molecule has 1 aliphatic rings. The van der Waals surface area contributed by atoms with Gasteiger partial charge in [0.1, 0.15) is 5.76 Å². The van der Waals surface area contributed by atoms with Crippen LogP contribution in [-0.4, -0.2) is 27.0 Å². The number of carbonyl (C=O) groups is 2. The Morgan fingerprint density at radius 3 is 2.48 bits per heavy atom. The maximum absolute atomic E-state index is 13.5. The zero-order valence-electron chi connectivity index (χ0n) is 22.5. The molecule has 204 valence electrons. The summed E-state index contributed by atoms with van der Waals surface area (Å²) in [6, 6.07) is 20.2. The summed E-state index contributed by atoms with van der Waals surface area (Å²) in [6.07, 6.45) is 0. The van der Waals surface area contributed by atoms with Crippen LogP contribution in [0.4, 0.5) is 5.13 Å². The van der Waals surface area contributed by atoms with Crippen LogP contribution in [0.1, 0.15) is 59.2 Å². The molecule has 6 nitrogen and oxygen atoms in total. The number of amides is 1. The van der Waals surface area contributed by atoms with Crippen molar-refractivity contribution >= 4 is 57.3 Å². The molecule has 0 bridgehead atoms. The fourth-order valence-corrected chi connectivity index (χ4v) is 6.81. The van der Waals surface area contributed by atoms with Gasteiger partial charge in [-0.05, 0) is 54.2 Å². The van der Waals surface area contributed by atoms with Crippen LogP contribution in [0, 0.1) is 13.8 Å². The molecule has 2 heterocycles. The van der Waals surface area contributed by atoms with E-state index in [0.29, 0.717) is 37.3 Å². The third-order valence-corrected chi connectivity index (χ3v) is 9.40. The van der Waals surface area contributed by atoms with E-state index in [1.807, 2.05) is 80.6 Å². The molecule has 4 aromatic rings. The third kappa shape index (κ3) is 5.44. The molecule has 0 aliphatic carbocycles. The van der Waals surface area contributed by atoms with Crippen LogP contribution in [0.25, 0.3) is 5.76 Å². The monoisotopic (exact) mass is 589 g/mol. The summed E-state index contributed by atoms with van der Waals surface area (Å²) in [6.45, 7) is 7.99. The SMILES string of the molecule is Cc1ccc(C)c(C(O)=C2C(=O)C(=O)N(c3nnc(SCc4ccccc4Cl)s3)C2c2ccc(C(C)C)cc2)c1. The molecule has 1 unspecified atom stereocenters. The van der Waals surface area contributed by atoms with Crippen LogP contribution >= 0.6 is 34.7 Å². The van der Waals surface area contributed by atoms with Crippen molar-refractivity contribution < 1.29 is 14.7 Å². The van der Waals surface area contributed by atoms with Crippen LogP contribution in [0.15, 0.2) is 76.6 Å². The molecule has 0 spiro atoms. The fraction of sp³-hybridized carbons (Fsp3) is 0.226. The normalized spacial score (nSPS) is 16.8. The average molecular weight is 590 g/mol. The second-order valence-corrected chi connectivity index (χ2v) is 12.6. The van der Waals surface area contributed by atoms with Crippen LogP contribution < -0.4 is 4.90 Å². The number of anilines is 1. The Kier molecular flexibility index (Phi) is 8.12. The van der Waals surface area contributed by atoms with E-state index < -0.39 is 17.7 Å². The average Bonchev–Trinajstić information content (AvgIpc) is 3.51. The largest absolute Gasteiger partial charge is 0.507 e. The zero-order valence-corrected chi connectivity index (χ0v) is 24.9. The first kappa shape index (κ1) is 28.1. The van der Waals surface area contributed by atoms with Gasteiger partial charge < -0.3 is 5.11 Å². The highest BCUT2D eigenvalue weighted by molar-refractivity contribution is 8.00. The van der Waals surface area contributed by atoms with Gasteiger partial charge in [0.2, 0.25) is 5.13 Å². The molecular weight excluding hydrogens is 562 g/mol. The van der Waals surface area contributed by atoms with Crippen molar-refractivity contribution in [3.8, 4) is 0 Å². The minimum Gasteiger partial charge on any atom is -0.507 e. The summed E-state index contributed by atoms with van der Waals surface area (Å²) in [5.74, 6) is -0.797. The van der Waals surface area contributed by atoms with E-state index in [4.69, 9.17) is 11.6 Å². The lowest BCUT2D eigenvalue weighted by atomic mass is 9.92. The number of aliphatic hydroxyl groups excluding tert-OH is 1. The first-order valence-electron chi connectivity index (χ1n) is 12.8. The van der Waals surface area contributed by atoms with Crippen LogP contribution in [-0.2, 0) is 15.3 Å². The molecule has 1 aromatic heterocycles. The van der Waals surface area contributed by atoms with Gasteiger partial charge in [0.05, 0.1) is 11.6 Å². The number of rotatable bonds is 7. The Hall–Kier alpha value is -3.46. The number of aromatic nitrogens is 2. The minimum atomic E-state index is -0.851. The molecule has 9 heteroatoms. The number of hydrogen-bond acceptors (Lipinski definition) is 7. The molecule has 1 fully saturated rings. The number of Topliss-reactive ketones (excluding diaryl/α,β-unsaturated/α-hetero) is 1. The molecule has 5 rings (SSSR count). The van der Waals surface area contributed by atoms with Gasteiger partial charge in [-0.15, -0.1) is 10.2 Å². The summed E-state index contributed by atoms with van der Waals surface area (Å²) in [7, 11) is 0. The van der Waals surface area contributed by atoms with Gasteiger partial charge in [-0.1, -0.05) is 109 Å². The highest BCUT2D eigenvalue weighted by atomic mass is 35.5. The van der Waals surface area contributed by atoms with E-state index >= 15 is 0 Å². The maximum atomic E-state index is 13.5. The van der Waals surface area contributed by atoms with E-state index in [-0.39, 0.29) is 11.3 Å². The molecule has 0 radical (unpaired) electrons. The van der Waals surface area contributed by atoms with Crippen molar-refractivity contribution in [2.75, 3.05) is 4.90 Å². The number of nitrogens with zero attached hydrogens (tertiary/aromatic N) is 3. The van der Waals surface area contributed by atoms with Crippen molar-refractivity contribution in [3.05, 3.63) is 111 Å². The second-order valence-electron chi connectivity index (χ2n) is 10.0. The van der Waals surface area contributed by atoms with E-state index in [0.717, 1.165) is 22.3 Å². The van der Waals surface area contributed by atoms with Crippen LogP contribution in [0.5, 0.6) is 0 Å². The lowest BCUT2D eigenvalue weighted by Crippen LogP contribution is -2.29. The van der Waals surface area contributed by atoms with Gasteiger partial charge in [0.15, 0.2) is 4.34 Å². The Morgan fingerprint density at radius 1 is 1.05 bits per heavy atom. The number of aliphatic hydroxyl groups is 1. The number of carbonyl (C=O) groups excluding carboxylic acids is 2. The van der Waals surface area contributed by atoms with Gasteiger partial charge in [0, 0.05) is 16.3 Å². The van der Waals surface area contributed by atoms with Crippen molar-refractivity contribution in [3.63, 3.8) is 0 Å². The topological polar surface area (TPSA) is 83.4 Å². The lowest BCUT2D eigenvalue weighted by Gasteiger charge is -2.23. The summed E-state index contributed by atoms with van der Waals surface area (Å²) >= 11 is 8.99. The number of thioether (sulfide) groups is 1. The highest BCUT2D eigenvalue weighted by Gasteiger charge is 2.48. The predicted molar refractivity (Wildman–Crippen MR) is 162 cm³/mol. The third-order valence-electron chi connectivity index (χ3n) is 6.92. The first-order chi connectivity index (χ1) is 19.2. The number of ketones is 1. The van der Waals surface area contributed by atoms with Crippen molar-refractivity contribution in [2.24, 2.45) is 0 Å². The van der Waals surface area contributed by atoms with E-state index in [2.05, 4.69) is 24.0 Å². The van der Waals surface area contributed by atoms with Crippen molar-refractivity contribution in [1.82, 2.24) is 10.2 Å². The van der Waals surface area contributed by atoms with Gasteiger partial charge in [-0.3, -0.25) is 14.5 Å². The van der Waals surface area contributed by atoms with E-state index in [9.17, 15) is 14.7 Å². The van der Waals surface area contributed by atoms with Crippen LogP contribution in [0.3, 0.4) is 0 Å². The van der Waals surface area contributed by atoms with Gasteiger partial charge in [-0.2, -0.15) is 0 Å². The molecule has 1 aliphatic heterocycles. The molecule has 0 saturated carbocycles. The van der Waals surface area contributed by atoms with Crippen molar-refractivity contribution in [1.29, 1.82) is 0 Å². The summed E-state index contributed by atoms with van der Waals surface area (Å²) in [4.78, 5) is 28.4. The number of halogens is 1. The summed E-state index contributed by atoms with van der Waals surface area (Å²) < 4.78 is 0.639. The fourth-order valence-electron chi connectivity index (χ4n) is 4.66. The predicted octanol–water partition coefficient (Wildman–Crippen LogP) is 7.85. The Morgan fingerprint density at radius 2 is 1.77 bits per heavy atom. The molecule has 1 amide bonds. The van der Waals surface area contributed by atoms with Gasteiger partial charge in [-0.25, -0.2) is 0 Å². The summed E-state index contributed by atoms with van der Waals surface area (Å²) in [5, 5.41) is 21.1. The molecular formula is C31H28ClN3O3S2. The van der Waals surface area contributed by atoms with Crippen LogP contribution in [0.2, 0.25) is 5.02 Å². The summed E-state index contributed by atoms with van der Waals surface area (Å²) in [5.41, 5.74) is 5.10. The van der Waals surface area contributed by atoms with E-state index in [1.165, 1.54) is 28.0 Å². The quantitative estimate of drug-likeness (QED) is 0.0777. The molecule has 1 N–H and O–H groups in total. The maximum Gasteiger partial charge on any atom is 0.301 e. The van der Waals surface area contributed by atoms with Crippen molar-refractivity contribution in [2.45, 2.75) is 49.7 Å². The first-order valence-corrected chi connectivity index (χ1v) is 15.0. The standard InChI is InChI=1S/C31H28ClN3O3S2/c1-17(2)20-11-13-21(14-12-20)26-25(27(36)23-15-18(3)9-10-19(23)4)28(37)29(38)35(26)30-33-34-31(40-30)39-16-22-7-5-6-8-24(22)32/h5-15,17,26,36H,16H2,1-4H3. The Bertz CT molecular complexity index is 1630. The number of aryl methyl sites for hydroxylation is 2. The Balaban J connectivity index is 1.58. The molecule has 3 aromatic carbocycles. The lowest BCUT2D eigenvalue weighted by molar-refractivity contribution is -0.132. The second kappa shape index (κ2) is 11.6. The number of hydrogen-bond donors (Lipinski definition) is 1. The smallest absolute Gasteiger partial charge is 0.301 e. The van der Waals surface area contributed by atoms with Gasteiger partial charge in [0.25, 0.3) is 5.78 Å². The zero-order chi connectivity index (χ0) is 28.6. The highest BCUT2D eigenvalue weighted by Crippen LogP contribution is 2.44. The molecule has 1 atom stereocenters. The molecule has 1 saturated heterocycles. The minimum absolute atomic E-state index is 0.0384.